The molecule has 1 atom stereocenters. The van der Waals surface area contributed by atoms with Crippen LogP contribution in [0.1, 0.15) is 35.3 Å². The number of hydrogen-bond donors (Lipinski definition) is 3. The Bertz CT molecular complexity index is 775. The molecule has 1 unspecified atom stereocenters. The maximum atomic E-state index is 12.3. The molecule has 1 amide bonds. The van der Waals surface area contributed by atoms with Gasteiger partial charge in [-0.1, -0.05) is 6.92 Å². The van der Waals surface area contributed by atoms with E-state index in [-0.39, 0.29) is 17.7 Å². The summed E-state index contributed by atoms with van der Waals surface area (Å²) in [5.41, 5.74) is 1.66. The molecule has 0 spiro atoms. The fourth-order valence-electron chi connectivity index (χ4n) is 2.69. The van der Waals surface area contributed by atoms with Crippen molar-refractivity contribution >= 4 is 17.4 Å². The van der Waals surface area contributed by atoms with Gasteiger partial charge in [0.2, 0.25) is 0 Å². The van der Waals surface area contributed by atoms with E-state index in [0.29, 0.717) is 29.1 Å². The van der Waals surface area contributed by atoms with Gasteiger partial charge in [-0.05, 0) is 43.8 Å². The molecule has 27 heavy (non-hydrogen) atoms. The summed E-state index contributed by atoms with van der Waals surface area (Å²) in [7, 11) is 3.32. The van der Waals surface area contributed by atoms with E-state index in [1.165, 1.54) is 30.5 Å². The van der Waals surface area contributed by atoms with Gasteiger partial charge < -0.3 is 20.7 Å². The fourth-order valence-corrected chi connectivity index (χ4v) is 2.69. The number of anilines is 2. The molecule has 2 aromatic rings. The van der Waals surface area contributed by atoms with Gasteiger partial charge in [0.15, 0.2) is 0 Å². The van der Waals surface area contributed by atoms with Gasteiger partial charge >= 0.3 is 6.36 Å². The first-order chi connectivity index (χ1) is 12.8. The second kappa shape index (κ2) is 8.72. The highest BCUT2D eigenvalue weighted by Gasteiger charge is 2.31. The Labute approximate surface area is 155 Å². The summed E-state index contributed by atoms with van der Waals surface area (Å²) in [6, 6.07) is 6.78. The Morgan fingerprint density at radius 3 is 2.37 bits per heavy atom. The van der Waals surface area contributed by atoms with Crippen LogP contribution in [0.5, 0.6) is 5.75 Å². The molecular formula is C18H21F3N4O2. The number of benzene rings is 1. The van der Waals surface area contributed by atoms with Crippen LogP contribution >= 0.6 is 0 Å². The number of carbonyl (C=O) groups excluding carboxylic acids is 1. The number of amides is 1. The lowest BCUT2D eigenvalue weighted by Gasteiger charge is -2.21. The Morgan fingerprint density at radius 1 is 1.19 bits per heavy atom. The van der Waals surface area contributed by atoms with E-state index in [0.717, 1.165) is 0 Å². The molecule has 6 nitrogen and oxygen atoms in total. The van der Waals surface area contributed by atoms with Crippen molar-refractivity contribution in [2.45, 2.75) is 25.7 Å². The Morgan fingerprint density at radius 2 is 1.85 bits per heavy atom. The smallest absolute Gasteiger partial charge is 0.406 e. The minimum atomic E-state index is -4.74. The van der Waals surface area contributed by atoms with E-state index in [1.807, 2.05) is 6.92 Å². The molecule has 1 aromatic heterocycles. The van der Waals surface area contributed by atoms with Crippen LogP contribution in [0.3, 0.4) is 0 Å². The lowest BCUT2D eigenvalue weighted by atomic mass is 9.98. The number of ether oxygens (including phenoxy) is 1. The van der Waals surface area contributed by atoms with Crippen LogP contribution in [0.25, 0.3) is 0 Å². The molecule has 0 radical (unpaired) electrons. The van der Waals surface area contributed by atoms with E-state index in [9.17, 15) is 18.0 Å². The highest BCUT2D eigenvalue weighted by atomic mass is 19.4. The first kappa shape index (κ1) is 20.5. The average molecular weight is 382 g/mol. The van der Waals surface area contributed by atoms with E-state index in [1.54, 1.807) is 20.2 Å². The topological polar surface area (TPSA) is 75.3 Å². The second-order valence-electron chi connectivity index (χ2n) is 5.65. The number of nitrogens with zero attached hydrogens (tertiary/aromatic N) is 1. The van der Waals surface area contributed by atoms with Gasteiger partial charge in [-0.15, -0.1) is 13.2 Å². The maximum absolute atomic E-state index is 12.3. The lowest BCUT2D eigenvalue weighted by molar-refractivity contribution is -0.274. The Kier molecular flexibility index (Phi) is 6.62. The molecule has 3 N–H and O–H groups in total. The van der Waals surface area contributed by atoms with Gasteiger partial charge in [-0.25, -0.2) is 4.98 Å². The molecule has 0 bridgehead atoms. The zero-order chi connectivity index (χ0) is 20.0. The van der Waals surface area contributed by atoms with Crippen LogP contribution in [-0.4, -0.2) is 31.3 Å². The lowest BCUT2D eigenvalue weighted by Crippen LogP contribution is -2.25. The summed E-state index contributed by atoms with van der Waals surface area (Å²) >= 11 is 0. The van der Waals surface area contributed by atoms with Crippen LogP contribution in [0, 0.1) is 0 Å². The summed E-state index contributed by atoms with van der Waals surface area (Å²) < 4.78 is 40.7. The largest absolute Gasteiger partial charge is 0.573 e. The molecule has 0 saturated carbocycles. The molecule has 146 valence electrons. The molecular weight excluding hydrogens is 361 g/mol. The molecule has 1 heterocycles. The van der Waals surface area contributed by atoms with Crippen molar-refractivity contribution in [1.82, 2.24) is 15.6 Å². The third-order valence-corrected chi connectivity index (χ3v) is 3.92. The van der Waals surface area contributed by atoms with Crippen molar-refractivity contribution in [3.63, 3.8) is 0 Å². The molecule has 0 aliphatic heterocycles. The van der Waals surface area contributed by atoms with Gasteiger partial charge in [-0.3, -0.25) is 4.79 Å². The third kappa shape index (κ3) is 5.33. The predicted octanol–water partition coefficient (Wildman–Crippen LogP) is 3.75. The standard InChI is InChI=1S/C18H21F3N4O2/c1-4-14(22-2)15-13(17(26)23-3)9-10-24-16(15)25-11-5-7-12(8-6-11)27-18(19,20)21/h5-10,14,22H,4H2,1-3H3,(H,23,26)(H,24,25). The van der Waals surface area contributed by atoms with Crippen molar-refractivity contribution in [3.05, 3.63) is 47.7 Å². The Hall–Kier alpha value is -2.81. The number of halogens is 3. The molecule has 0 aliphatic rings. The number of pyridine rings is 1. The number of hydrogen-bond acceptors (Lipinski definition) is 5. The minimum absolute atomic E-state index is 0.138. The van der Waals surface area contributed by atoms with E-state index in [2.05, 4.69) is 25.7 Å². The van der Waals surface area contributed by atoms with Gasteiger partial charge in [0.05, 0.1) is 0 Å². The van der Waals surface area contributed by atoms with Crippen LogP contribution in [0.2, 0.25) is 0 Å². The van der Waals surface area contributed by atoms with E-state index >= 15 is 0 Å². The SMILES string of the molecule is CCC(NC)c1c(C(=O)NC)ccnc1Nc1ccc(OC(F)(F)F)cc1. The average Bonchev–Trinajstić information content (AvgIpc) is 2.63. The van der Waals surface area contributed by atoms with Crippen LogP contribution in [-0.2, 0) is 0 Å². The summed E-state index contributed by atoms with van der Waals surface area (Å²) in [6.07, 6.45) is -2.54. The molecule has 2 rings (SSSR count). The van der Waals surface area contributed by atoms with Crippen LogP contribution in [0.4, 0.5) is 24.7 Å². The first-order valence-electron chi connectivity index (χ1n) is 8.30. The fraction of sp³-hybridized carbons (Fsp3) is 0.333. The van der Waals surface area contributed by atoms with E-state index in [4.69, 9.17) is 0 Å². The zero-order valence-electron chi connectivity index (χ0n) is 15.1. The highest BCUT2D eigenvalue weighted by molar-refractivity contribution is 5.97. The van der Waals surface area contributed by atoms with Crippen molar-refractivity contribution in [1.29, 1.82) is 0 Å². The molecule has 0 saturated heterocycles. The predicted molar refractivity (Wildman–Crippen MR) is 96.1 cm³/mol. The quantitative estimate of drug-likeness (QED) is 0.680. The summed E-state index contributed by atoms with van der Waals surface area (Å²) in [5.74, 6) is -0.123. The number of carbonyl (C=O) groups is 1. The first-order valence-corrected chi connectivity index (χ1v) is 8.30. The zero-order valence-corrected chi connectivity index (χ0v) is 15.1. The van der Waals surface area contributed by atoms with Gasteiger partial charge in [0, 0.05) is 36.1 Å². The number of nitrogens with one attached hydrogen (secondary N) is 3. The van der Waals surface area contributed by atoms with Gasteiger partial charge in [0.1, 0.15) is 11.6 Å². The number of rotatable bonds is 7. The van der Waals surface area contributed by atoms with Crippen molar-refractivity contribution < 1.29 is 22.7 Å². The van der Waals surface area contributed by atoms with Crippen LogP contribution in [0.15, 0.2) is 36.5 Å². The highest BCUT2D eigenvalue weighted by Crippen LogP contribution is 2.30. The molecule has 9 heteroatoms. The molecule has 1 aromatic carbocycles. The number of alkyl halides is 3. The van der Waals surface area contributed by atoms with Crippen molar-refractivity contribution in [3.8, 4) is 5.75 Å². The normalized spacial score (nSPS) is 12.4. The third-order valence-electron chi connectivity index (χ3n) is 3.92. The summed E-state index contributed by atoms with van der Waals surface area (Å²) in [4.78, 5) is 16.5. The van der Waals surface area contributed by atoms with Crippen molar-refractivity contribution in [2.24, 2.45) is 0 Å². The minimum Gasteiger partial charge on any atom is -0.406 e. The van der Waals surface area contributed by atoms with Gasteiger partial charge in [0.25, 0.3) is 5.91 Å². The second-order valence-corrected chi connectivity index (χ2v) is 5.65. The monoisotopic (exact) mass is 382 g/mol. The van der Waals surface area contributed by atoms with Crippen molar-refractivity contribution in [2.75, 3.05) is 19.4 Å². The molecule has 0 aliphatic carbocycles. The number of aromatic nitrogens is 1. The molecule has 0 fully saturated rings. The van der Waals surface area contributed by atoms with E-state index < -0.39 is 6.36 Å². The summed E-state index contributed by atoms with van der Waals surface area (Å²) in [5, 5.41) is 8.81. The summed E-state index contributed by atoms with van der Waals surface area (Å²) in [6.45, 7) is 1.97. The Balaban J connectivity index is 2.36. The van der Waals surface area contributed by atoms with Gasteiger partial charge in [-0.2, -0.15) is 0 Å². The maximum Gasteiger partial charge on any atom is 0.573 e. The van der Waals surface area contributed by atoms with Crippen LogP contribution < -0.4 is 20.7 Å².